The molecule has 0 aliphatic rings. The van der Waals surface area contributed by atoms with Crippen LogP contribution in [0.25, 0.3) is 11.0 Å². The summed E-state index contributed by atoms with van der Waals surface area (Å²) in [5.74, 6) is -0.354. The number of hydrogen-bond donors (Lipinski definition) is 0. The lowest BCUT2D eigenvalue weighted by molar-refractivity contribution is 0.0329. The molecular formula is C16H13NO3. The second-order valence-corrected chi connectivity index (χ2v) is 4.48. The topological polar surface area (TPSA) is 52.3 Å². The van der Waals surface area contributed by atoms with E-state index in [4.69, 9.17) is 9.15 Å². The fraction of sp³-hybridized carbons (Fsp3) is 0.125. The SMILES string of the molecule is C[C@@H](OC(=O)c1ccccc1)c1cc2ccoc2cn1. The summed E-state index contributed by atoms with van der Waals surface area (Å²) in [5, 5.41) is 0.942. The van der Waals surface area contributed by atoms with Gasteiger partial charge in [-0.1, -0.05) is 18.2 Å². The van der Waals surface area contributed by atoms with Gasteiger partial charge >= 0.3 is 5.97 Å². The van der Waals surface area contributed by atoms with E-state index >= 15 is 0 Å². The molecule has 0 radical (unpaired) electrons. The van der Waals surface area contributed by atoms with E-state index in [9.17, 15) is 4.79 Å². The van der Waals surface area contributed by atoms with Crippen molar-refractivity contribution in [3.8, 4) is 0 Å². The molecule has 0 spiro atoms. The molecule has 0 aliphatic heterocycles. The Hall–Kier alpha value is -2.62. The van der Waals surface area contributed by atoms with Crippen molar-refractivity contribution in [1.82, 2.24) is 4.98 Å². The minimum atomic E-state index is -0.415. The first-order valence-electron chi connectivity index (χ1n) is 6.33. The van der Waals surface area contributed by atoms with Gasteiger partial charge in [0, 0.05) is 5.39 Å². The van der Waals surface area contributed by atoms with Crippen molar-refractivity contribution in [2.24, 2.45) is 0 Å². The number of ether oxygens (including phenoxy) is 1. The molecule has 1 atom stereocenters. The summed E-state index contributed by atoms with van der Waals surface area (Å²) in [7, 11) is 0. The van der Waals surface area contributed by atoms with Crippen molar-refractivity contribution in [2.75, 3.05) is 0 Å². The summed E-state index contributed by atoms with van der Waals surface area (Å²) in [5.41, 5.74) is 1.95. The quantitative estimate of drug-likeness (QED) is 0.678. The van der Waals surface area contributed by atoms with E-state index in [2.05, 4.69) is 4.98 Å². The molecule has 0 aliphatic carbocycles. The number of carbonyl (C=O) groups excluding carboxylic acids is 1. The van der Waals surface area contributed by atoms with Crippen LogP contribution in [-0.4, -0.2) is 11.0 Å². The maximum Gasteiger partial charge on any atom is 0.338 e. The first-order chi connectivity index (χ1) is 9.74. The van der Waals surface area contributed by atoms with Crippen molar-refractivity contribution < 1.29 is 13.9 Å². The standard InChI is InChI=1S/C16H13NO3/c1-11(20-16(18)12-5-3-2-4-6-12)14-9-13-7-8-19-15(13)10-17-14/h2-11H,1H3/t11-/m1/s1. The Labute approximate surface area is 116 Å². The van der Waals surface area contributed by atoms with Gasteiger partial charge in [0.2, 0.25) is 0 Å². The third kappa shape index (κ3) is 2.40. The molecule has 20 heavy (non-hydrogen) atoms. The zero-order chi connectivity index (χ0) is 13.9. The second-order valence-electron chi connectivity index (χ2n) is 4.48. The summed E-state index contributed by atoms with van der Waals surface area (Å²) in [6, 6.07) is 12.6. The molecule has 4 nitrogen and oxygen atoms in total. The number of rotatable bonds is 3. The largest absolute Gasteiger partial charge is 0.463 e. The van der Waals surface area contributed by atoms with Crippen LogP contribution in [0.4, 0.5) is 0 Å². The zero-order valence-corrected chi connectivity index (χ0v) is 10.9. The molecule has 4 heteroatoms. The van der Waals surface area contributed by atoms with E-state index in [1.54, 1.807) is 43.6 Å². The van der Waals surface area contributed by atoms with Crippen LogP contribution in [0.5, 0.6) is 0 Å². The maximum atomic E-state index is 12.0. The molecule has 3 aromatic rings. The first-order valence-corrected chi connectivity index (χ1v) is 6.33. The van der Waals surface area contributed by atoms with Crippen LogP contribution in [0.1, 0.15) is 29.1 Å². The molecule has 3 rings (SSSR count). The summed E-state index contributed by atoms with van der Waals surface area (Å²) < 4.78 is 10.6. The number of carbonyl (C=O) groups is 1. The van der Waals surface area contributed by atoms with Gasteiger partial charge in [-0.05, 0) is 31.2 Å². The highest BCUT2D eigenvalue weighted by Crippen LogP contribution is 2.21. The minimum absolute atomic E-state index is 0.354. The molecule has 1 aromatic carbocycles. The van der Waals surface area contributed by atoms with Gasteiger partial charge in [-0.2, -0.15) is 0 Å². The predicted molar refractivity (Wildman–Crippen MR) is 74.3 cm³/mol. The number of benzene rings is 1. The third-order valence-corrected chi connectivity index (χ3v) is 3.07. The Morgan fingerprint density at radius 3 is 2.85 bits per heavy atom. The third-order valence-electron chi connectivity index (χ3n) is 3.07. The molecular weight excluding hydrogens is 254 g/mol. The Kier molecular flexibility index (Phi) is 3.21. The predicted octanol–water partition coefficient (Wildman–Crippen LogP) is 3.75. The van der Waals surface area contributed by atoms with Gasteiger partial charge < -0.3 is 9.15 Å². The molecule has 0 amide bonds. The number of esters is 1. The van der Waals surface area contributed by atoms with Crippen molar-refractivity contribution >= 4 is 16.9 Å². The number of nitrogens with zero attached hydrogens (tertiary/aromatic N) is 1. The average molecular weight is 267 g/mol. The van der Waals surface area contributed by atoms with E-state index in [0.717, 1.165) is 11.0 Å². The summed E-state index contributed by atoms with van der Waals surface area (Å²) >= 11 is 0. The fourth-order valence-corrected chi connectivity index (χ4v) is 1.97. The monoisotopic (exact) mass is 267 g/mol. The van der Waals surface area contributed by atoms with E-state index < -0.39 is 6.10 Å². The summed E-state index contributed by atoms with van der Waals surface area (Å²) in [6.45, 7) is 1.80. The highest BCUT2D eigenvalue weighted by molar-refractivity contribution is 5.89. The average Bonchev–Trinajstić information content (AvgIpc) is 2.95. The number of furan rings is 1. The highest BCUT2D eigenvalue weighted by atomic mass is 16.5. The Balaban J connectivity index is 1.78. The zero-order valence-electron chi connectivity index (χ0n) is 10.9. The lowest BCUT2D eigenvalue weighted by Crippen LogP contribution is -2.10. The molecule has 0 saturated heterocycles. The van der Waals surface area contributed by atoms with Crippen molar-refractivity contribution in [1.29, 1.82) is 0 Å². The number of fused-ring (bicyclic) bond motifs is 1. The van der Waals surface area contributed by atoms with Gasteiger partial charge in [-0.15, -0.1) is 0 Å². The highest BCUT2D eigenvalue weighted by Gasteiger charge is 2.15. The number of hydrogen-bond acceptors (Lipinski definition) is 4. The summed E-state index contributed by atoms with van der Waals surface area (Å²) in [4.78, 5) is 16.2. The van der Waals surface area contributed by atoms with Crippen molar-refractivity contribution in [3.05, 3.63) is 66.2 Å². The van der Waals surface area contributed by atoms with Crippen LogP contribution in [0.3, 0.4) is 0 Å². The number of aromatic nitrogens is 1. The van der Waals surface area contributed by atoms with E-state index in [0.29, 0.717) is 11.3 Å². The first kappa shape index (κ1) is 12.4. The normalized spacial score (nSPS) is 12.2. The lowest BCUT2D eigenvalue weighted by Gasteiger charge is -2.12. The van der Waals surface area contributed by atoms with Crippen LogP contribution in [0, 0.1) is 0 Å². The summed E-state index contributed by atoms with van der Waals surface area (Å²) in [6.07, 6.45) is 2.83. The van der Waals surface area contributed by atoms with E-state index in [-0.39, 0.29) is 5.97 Å². The van der Waals surface area contributed by atoms with Gasteiger partial charge in [-0.25, -0.2) is 4.79 Å². The van der Waals surface area contributed by atoms with Crippen LogP contribution in [-0.2, 0) is 4.74 Å². The molecule has 100 valence electrons. The molecule has 0 unspecified atom stereocenters. The van der Waals surface area contributed by atoms with E-state index in [1.807, 2.05) is 18.2 Å². The van der Waals surface area contributed by atoms with Crippen LogP contribution in [0.2, 0.25) is 0 Å². The Morgan fingerprint density at radius 2 is 2.05 bits per heavy atom. The van der Waals surface area contributed by atoms with E-state index in [1.165, 1.54) is 0 Å². The second kappa shape index (κ2) is 5.17. The Bertz CT molecular complexity index is 734. The molecule has 0 N–H and O–H groups in total. The van der Waals surface area contributed by atoms with Crippen LogP contribution in [0.15, 0.2) is 59.3 Å². The van der Waals surface area contributed by atoms with Gasteiger partial charge in [-0.3, -0.25) is 4.98 Å². The van der Waals surface area contributed by atoms with Crippen molar-refractivity contribution in [2.45, 2.75) is 13.0 Å². The van der Waals surface area contributed by atoms with Gasteiger partial charge in [0.1, 0.15) is 6.10 Å². The van der Waals surface area contributed by atoms with Gasteiger partial charge in [0.05, 0.1) is 23.7 Å². The van der Waals surface area contributed by atoms with Crippen LogP contribution < -0.4 is 0 Å². The molecule has 2 aromatic heterocycles. The molecule has 0 saturated carbocycles. The fourth-order valence-electron chi connectivity index (χ4n) is 1.97. The van der Waals surface area contributed by atoms with Gasteiger partial charge in [0.15, 0.2) is 5.58 Å². The van der Waals surface area contributed by atoms with Crippen molar-refractivity contribution in [3.63, 3.8) is 0 Å². The van der Waals surface area contributed by atoms with Crippen LogP contribution >= 0.6 is 0 Å². The molecule has 0 bridgehead atoms. The lowest BCUT2D eigenvalue weighted by atomic mass is 10.2. The smallest absolute Gasteiger partial charge is 0.338 e. The van der Waals surface area contributed by atoms with Gasteiger partial charge in [0.25, 0.3) is 0 Å². The number of pyridine rings is 1. The minimum Gasteiger partial charge on any atom is -0.463 e. The molecule has 0 fully saturated rings. The maximum absolute atomic E-state index is 12.0. The molecule has 2 heterocycles. The Morgan fingerprint density at radius 1 is 1.25 bits per heavy atom.